The first-order valence-electron chi connectivity index (χ1n) is 9.94. The van der Waals surface area contributed by atoms with E-state index >= 15 is 0 Å². The Bertz CT molecular complexity index is 990. The molecule has 2 N–H and O–H groups in total. The summed E-state index contributed by atoms with van der Waals surface area (Å²) in [5.74, 6) is 0.225. The largest absolute Gasteiger partial charge is 0.469 e. The van der Waals surface area contributed by atoms with Gasteiger partial charge < -0.3 is 9.73 Å². The van der Waals surface area contributed by atoms with E-state index in [0.717, 1.165) is 13.1 Å². The summed E-state index contributed by atoms with van der Waals surface area (Å²) in [7, 11) is 0. The summed E-state index contributed by atoms with van der Waals surface area (Å²) in [4.78, 5) is 32.9. The van der Waals surface area contributed by atoms with Gasteiger partial charge in [-0.1, -0.05) is 6.07 Å². The molecule has 7 nitrogen and oxygen atoms in total. The Morgan fingerprint density at radius 2 is 2.10 bits per heavy atom. The highest BCUT2D eigenvalue weighted by molar-refractivity contribution is 7.14. The lowest BCUT2D eigenvalue weighted by atomic mass is 10.2. The van der Waals surface area contributed by atoms with E-state index in [1.54, 1.807) is 29.7 Å². The van der Waals surface area contributed by atoms with E-state index in [-0.39, 0.29) is 24.3 Å². The minimum Gasteiger partial charge on any atom is -0.469 e. The molecule has 4 heterocycles. The zero-order valence-corrected chi connectivity index (χ0v) is 18.4. The Kier molecular flexibility index (Phi) is 6.61. The monoisotopic (exact) mass is 444 g/mol. The quantitative estimate of drug-likeness (QED) is 0.551. The minimum atomic E-state index is -0.268. The van der Waals surface area contributed by atoms with Crippen LogP contribution < -0.4 is 10.6 Å². The molecule has 0 radical (unpaired) electrons. The second kappa shape index (κ2) is 9.55. The number of carbonyl (C=O) groups is 2. The van der Waals surface area contributed by atoms with Gasteiger partial charge >= 0.3 is 0 Å². The summed E-state index contributed by atoms with van der Waals surface area (Å²) in [5.41, 5.74) is 1.12. The van der Waals surface area contributed by atoms with Crippen molar-refractivity contribution in [2.45, 2.75) is 32.2 Å². The normalized spacial score (nSPS) is 15.2. The SMILES string of the molecule is Cc1occc1C(=O)Nc1nc(CC(=O)NCC(c2cccs2)N2CCCC2)cs1. The molecule has 0 bridgehead atoms. The number of aromatic nitrogens is 1. The molecule has 1 aliphatic rings. The number of hydrogen-bond acceptors (Lipinski definition) is 7. The molecule has 158 valence electrons. The molecule has 0 saturated carbocycles. The third kappa shape index (κ3) is 4.97. The molecule has 4 rings (SSSR count). The maximum absolute atomic E-state index is 12.5. The third-order valence-corrected chi connectivity index (χ3v) is 6.94. The van der Waals surface area contributed by atoms with Gasteiger partial charge in [-0.15, -0.1) is 22.7 Å². The number of amides is 2. The topological polar surface area (TPSA) is 87.5 Å². The lowest BCUT2D eigenvalue weighted by molar-refractivity contribution is -0.120. The molecular weight excluding hydrogens is 420 g/mol. The van der Waals surface area contributed by atoms with Crippen molar-refractivity contribution in [3.05, 3.63) is 57.1 Å². The van der Waals surface area contributed by atoms with Gasteiger partial charge in [0.05, 0.1) is 30.0 Å². The maximum atomic E-state index is 12.5. The number of thiophene rings is 1. The molecular formula is C21H24N4O3S2. The number of anilines is 1. The van der Waals surface area contributed by atoms with Gasteiger partial charge in [0, 0.05) is 16.8 Å². The van der Waals surface area contributed by atoms with Crippen LogP contribution in [0.15, 0.2) is 39.6 Å². The first-order chi connectivity index (χ1) is 14.6. The van der Waals surface area contributed by atoms with Crippen molar-refractivity contribution in [3.8, 4) is 0 Å². The number of thiazole rings is 1. The fraction of sp³-hybridized carbons (Fsp3) is 0.381. The van der Waals surface area contributed by atoms with Crippen LogP contribution in [0, 0.1) is 6.92 Å². The minimum absolute atomic E-state index is 0.0652. The summed E-state index contributed by atoms with van der Waals surface area (Å²) < 4.78 is 5.16. The number of rotatable bonds is 8. The Labute approximate surface area is 183 Å². The number of hydrogen-bond donors (Lipinski definition) is 2. The van der Waals surface area contributed by atoms with Crippen molar-refractivity contribution in [1.82, 2.24) is 15.2 Å². The van der Waals surface area contributed by atoms with Gasteiger partial charge in [-0.3, -0.25) is 19.8 Å². The Hall–Kier alpha value is -2.49. The maximum Gasteiger partial charge on any atom is 0.260 e. The third-order valence-electron chi connectivity index (χ3n) is 5.16. The van der Waals surface area contributed by atoms with E-state index in [4.69, 9.17) is 4.42 Å². The molecule has 1 unspecified atom stereocenters. The van der Waals surface area contributed by atoms with Crippen LogP contribution >= 0.6 is 22.7 Å². The summed E-state index contributed by atoms with van der Waals surface area (Å²) in [6.07, 6.45) is 4.09. The molecule has 3 aromatic heterocycles. The summed E-state index contributed by atoms with van der Waals surface area (Å²) in [6, 6.07) is 6.04. The average molecular weight is 445 g/mol. The lowest BCUT2D eigenvalue weighted by Crippen LogP contribution is -2.37. The number of nitrogens with one attached hydrogen (secondary N) is 2. The molecule has 9 heteroatoms. The van der Waals surface area contributed by atoms with Crippen LogP contribution in [0.1, 0.15) is 45.6 Å². The fourth-order valence-electron chi connectivity index (χ4n) is 3.61. The molecule has 1 atom stereocenters. The summed E-state index contributed by atoms with van der Waals surface area (Å²) in [6.45, 7) is 4.47. The van der Waals surface area contributed by atoms with Crippen LogP contribution in [-0.2, 0) is 11.2 Å². The Balaban J connectivity index is 1.31. The standard InChI is InChI=1S/C21H24N4O3S2/c1-14-16(6-9-28-14)20(27)24-21-23-15(13-30-21)11-19(26)22-12-17(18-5-4-10-29-18)25-7-2-3-8-25/h4-6,9-10,13,17H,2-3,7-8,11-12H2,1H3,(H,22,26)(H,23,24,27). The van der Waals surface area contributed by atoms with Crippen LogP contribution in [-0.4, -0.2) is 41.3 Å². The van der Waals surface area contributed by atoms with Gasteiger partial charge in [0.2, 0.25) is 5.91 Å². The fourth-order valence-corrected chi connectivity index (χ4v) is 5.18. The van der Waals surface area contributed by atoms with Crippen LogP contribution in [0.3, 0.4) is 0 Å². The molecule has 0 spiro atoms. The second-order valence-corrected chi connectivity index (χ2v) is 9.08. The van der Waals surface area contributed by atoms with Crippen molar-refractivity contribution in [1.29, 1.82) is 0 Å². The highest BCUT2D eigenvalue weighted by atomic mass is 32.1. The molecule has 0 aliphatic carbocycles. The first-order valence-corrected chi connectivity index (χ1v) is 11.7. The van der Waals surface area contributed by atoms with Gasteiger partial charge in [0.1, 0.15) is 5.76 Å². The van der Waals surface area contributed by atoms with Gasteiger partial charge in [-0.2, -0.15) is 0 Å². The zero-order valence-electron chi connectivity index (χ0n) is 16.7. The van der Waals surface area contributed by atoms with E-state index < -0.39 is 0 Å². The highest BCUT2D eigenvalue weighted by Crippen LogP contribution is 2.28. The van der Waals surface area contributed by atoms with E-state index in [1.807, 2.05) is 0 Å². The number of aryl methyl sites for hydroxylation is 1. The second-order valence-electron chi connectivity index (χ2n) is 7.24. The van der Waals surface area contributed by atoms with E-state index in [2.05, 4.69) is 38.0 Å². The smallest absolute Gasteiger partial charge is 0.260 e. The van der Waals surface area contributed by atoms with E-state index in [9.17, 15) is 9.59 Å². The highest BCUT2D eigenvalue weighted by Gasteiger charge is 2.24. The summed E-state index contributed by atoms with van der Waals surface area (Å²) in [5, 5.41) is 10.2. The van der Waals surface area contributed by atoms with Crippen molar-refractivity contribution in [2.24, 2.45) is 0 Å². The predicted octanol–water partition coefficient (Wildman–Crippen LogP) is 3.85. The van der Waals surface area contributed by atoms with Gasteiger partial charge in [-0.25, -0.2) is 4.98 Å². The Morgan fingerprint density at radius 1 is 1.27 bits per heavy atom. The molecule has 1 fully saturated rings. The van der Waals surface area contributed by atoms with Gasteiger partial charge in [-0.05, 0) is 50.4 Å². The van der Waals surface area contributed by atoms with Crippen molar-refractivity contribution in [3.63, 3.8) is 0 Å². The van der Waals surface area contributed by atoms with Crippen LogP contribution in [0.25, 0.3) is 0 Å². The molecule has 2 amide bonds. The predicted molar refractivity (Wildman–Crippen MR) is 118 cm³/mol. The average Bonchev–Trinajstić information content (AvgIpc) is 3.51. The molecule has 0 aromatic carbocycles. The van der Waals surface area contributed by atoms with Crippen LogP contribution in [0.2, 0.25) is 0 Å². The zero-order chi connectivity index (χ0) is 20.9. The summed E-state index contributed by atoms with van der Waals surface area (Å²) >= 11 is 3.04. The van der Waals surface area contributed by atoms with Crippen molar-refractivity contribution >= 4 is 39.6 Å². The van der Waals surface area contributed by atoms with E-state index in [0.29, 0.717) is 28.7 Å². The van der Waals surface area contributed by atoms with Crippen LogP contribution in [0.4, 0.5) is 5.13 Å². The first kappa shape index (κ1) is 20.8. The molecule has 30 heavy (non-hydrogen) atoms. The molecule has 1 aliphatic heterocycles. The van der Waals surface area contributed by atoms with E-state index in [1.165, 1.54) is 35.3 Å². The van der Waals surface area contributed by atoms with Gasteiger partial charge in [0.25, 0.3) is 5.91 Å². The number of likely N-dealkylation sites (tertiary alicyclic amines) is 1. The van der Waals surface area contributed by atoms with Crippen molar-refractivity contribution < 1.29 is 14.0 Å². The van der Waals surface area contributed by atoms with Gasteiger partial charge in [0.15, 0.2) is 5.13 Å². The number of carbonyl (C=O) groups excluding carboxylic acids is 2. The van der Waals surface area contributed by atoms with Crippen molar-refractivity contribution in [2.75, 3.05) is 25.0 Å². The molecule has 3 aromatic rings. The van der Waals surface area contributed by atoms with Crippen LogP contribution in [0.5, 0.6) is 0 Å². The lowest BCUT2D eigenvalue weighted by Gasteiger charge is -2.26. The number of nitrogens with zero attached hydrogens (tertiary/aromatic N) is 2. The Morgan fingerprint density at radius 3 is 2.80 bits per heavy atom. The number of furan rings is 1. The molecule has 1 saturated heterocycles.